The molecule has 1 aromatic heterocycles. The number of rotatable bonds is 4. The molecular weight excluding hydrogens is 246 g/mol. The number of anilines is 1. The van der Waals surface area contributed by atoms with E-state index in [-0.39, 0.29) is 0 Å². The number of nitrogens with zero attached hydrogens (tertiary/aromatic N) is 1. The lowest BCUT2D eigenvalue weighted by molar-refractivity contribution is 0.934. The second kappa shape index (κ2) is 5.37. The van der Waals surface area contributed by atoms with Crippen molar-refractivity contribution < 1.29 is 0 Å². The molecule has 2 aromatic carbocycles. The molecule has 0 aliphatic rings. The highest BCUT2D eigenvalue weighted by Crippen LogP contribution is 2.14. The molecule has 0 aliphatic carbocycles. The third kappa shape index (κ3) is 2.82. The van der Waals surface area contributed by atoms with E-state index in [0.717, 1.165) is 35.5 Å². The number of hydrogen-bond acceptors (Lipinski definition) is 2. The lowest BCUT2D eigenvalue weighted by Crippen LogP contribution is -2.05. The van der Waals surface area contributed by atoms with Gasteiger partial charge in [0.2, 0.25) is 0 Å². The van der Waals surface area contributed by atoms with E-state index in [4.69, 9.17) is 0 Å². The molecule has 3 nitrogen and oxygen atoms in total. The Kier molecular flexibility index (Phi) is 3.42. The predicted molar refractivity (Wildman–Crippen MR) is 84.2 cm³/mol. The summed E-state index contributed by atoms with van der Waals surface area (Å²) in [6.07, 6.45) is 0.890. The van der Waals surface area contributed by atoms with Crippen molar-refractivity contribution >= 4 is 16.7 Å². The molecule has 20 heavy (non-hydrogen) atoms. The van der Waals surface area contributed by atoms with Crippen LogP contribution in [0.2, 0.25) is 0 Å². The normalized spacial score (nSPS) is 10.9. The Balaban J connectivity index is 1.63. The van der Waals surface area contributed by atoms with E-state index >= 15 is 0 Å². The topological polar surface area (TPSA) is 40.7 Å². The molecule has 0 amide bonds. The fourth-order valence-electron chi connectivity index (χ4n) is 2.29. The van der Waals surface area contributed by atoms with E-state index in [1.807, 2.05) is 0 Å². The number of hydrogen-bond donors (Lipinski definition) is 2. The van der Waals surface area contributed by atoms with Gasteiger partial charge >= 0.3 is 0 Å². The highest BCUT2D eigenvalue weighted by Gasteiger charge is 2.02. The van der Waals surface area contributed by atoms with Gasteiger partial charge in [0.25, 0.3) is 0 Å². The molecule has 0 aliphatic heterocycles. The van der Waals surface area contributed by atoms with Crippen molar-refractivity contribution in [1.82, 2.24) is 9.97 Å². The van der Waals surface area contributed by atoms with E-state index in [1.165, 1.54) is 11.1 Å². The van der Waals surface area contributed by atoms with E-state index in [9.17, 15) is 0 Å². The van der Waals surface area contributed by atoms with Gasteiger partial charge in [0.05, 0.1) is 11.0 Å². The van der Waals surface area contributed by atoms with Crippen LogP contribution in [0.25, 0.3) is 11.0 Å². The lowest BCUT2D eigenvalue weighted by atomic mass is 10.2. The van der Waals surface area contributed by atoms with Crippen molar-refractivity contribution in [1.29, 1.82) is 0 Å². The van der Waals surface area contributed by atoms with Crippen LogP contribution in [0.1, 0.15) is 17.0 Å². The largest absolute Gasteiger partial charge is 0.385 e. The molecule has 3 rings (SSSR count). The fraction of sp³-hybridized carbons (Fsp3) is 0.235. The Labute approximate surface area is 119 Å². The third-order valence-corrected chi connectivity index (χ3v) is 3.43. The number of aromatic nitrogens is 2. The van der Waals surface area contributed by atoms with E-state index in [1.54, 1.807) is 0 Å². The first-order valence-electron chi connectivity index (χ1n) is 6.96. The molecular formula is C17H19N3. The molecule has 0 unspecified atom stereocenters. The maximum Gasteiger partial charge on any atom is 0.108 e. The van der Waals surface area contributed by atoms with E-state index in [2.05, 4.69) is 71.6 Å². The number of nitrogens with one attached hydrogen (secondary N) is 2. The van der Waals surface area contributed by atoms with Gasteiger partial charge in [-0.05, 0) is 43.7 Å². The molecule has 0 saturated carbocycles. The van der Waals surface area contributed by atoms with Crippen molar-refractivity contribution in [3.05, 3.63) is 59.4 Å². The van der Waals surface area contributed by atoms with Gasteiger partial charge in [-0.2, -0.15) is 0 Å². The van der Waals surface area contributed by atoms with Crippen LogP contribution in [0.3, 0.4) is 0 Å². The minimum absolute atomic E-state index is 0.877. The average molecular weight is 265 g/mol. The van der Waals surface area contributed by atoms with Gasteiger partial charge in [0.15, 0.2) is 0 Å². The van der Waals surface area contributed by atoms with Crippen LogP contribution >= 0.6 is 0 Å². The van der Waals surface area contributed by atoms with Crippen molar-refractivity contribution in [2.75, 3.05) is 11.9 Å². The quantitative estimate of drug-likeness (QED) is 0.752. The standard InChI is InChI=1S/C17H19N3/c1-12-3-6-14(7-4-12)18-10-9-17-19-15-8-5-13(2)11-16(15)20-17/h3-8,11,18H,9-10H2,1-2H3,(H,19,20). The second-order valence-corrected chi connectivity index (χ2v) is 5.25. The fourth-order valence-corrected chi connectivity index (χ4v) is 2.29. The number of H-pyrrole nitrogens is 1. The number of aromatic amines is 1. The number of aryl methyl sites for hydroxylation is 2. The molecule has 0 radical (unpaired) electrons. The number of fused-ring (bicyclic) bond motifs is 1. The first-order chi connectivity index (χ1) is 9.70. The lowest BCUT2D eigenvalue weighted by Gasteiger charge is -2.05. The Bertz CT molecular complexity index is 711. The summed E-state index contributed by atoms with van der Waals surface area (Å²) in [5.41, 5.74) is 5.85. The van der Waals surface area contributed by atoms with Gasteiger partial charge in [-0.1, -0.05) is 23.8 Å². The van der Waals surface area contributed by atoms with Crippen LogP contribution in [-0.4, -0.2) is 16.5 Å². The molecule has 3 aromatic rings. The van der Waals surface area contributed by atoms with Gasteiger partial charge in [-0.15, -0.1) is 0 Å². The number of imidazole rings is 1. The zero-order valence-corrected chi connectivity index (χ0v) is 11.9. The van der Waals surface area contributed by atoms with Gasteiger partial charge in [-0.3, -0.25) is 0 Å². The molecule has 0 bridgehead atoms. The van der Waals surface area contributed by atoms with Crippen molar-refractivity contribution in [2.24, 2.45) is 0 Å². The summed E-state index contributed by atoms with van der Waals surface area (Å²) in [4.78, 5) is 7.98. The molecule has 0 saturated heterocycles. The molecule has 1 heterocycles. The highest BCUT2D eigenvalue weighted by atomic mass is 14.9. The SMILES string of the molecule is Cc1ccc(NCCc2nc3ccc(C)cc3[nH]2)cc1. The summed E-state index contributed by atoms with van der Waals surface area (Å²) in [5.74, 6) is 1.03. The minimum atomic E-state index is 0.877. The Morgan fingerprint density at radius 3 is 2.55 bits per heavy atom. The van der Waals surface area contributed by atoms with E-state index < -0.39 is 0 Å². The monoisotopic (exact) mass is 265 g/mol. The predicted octanol–water partition coefficient (Wildman–Crippen LogP) is 3.83. The van der Waals surface area contributed by atoms with Crippen molar-refractivity contribution in [2.45, 2.75) is 20.3 Å². The highest BCUT2D eigenvalue weighted by molar-refractivity contribution is 5.75. The van der Waals surface area contributed by atoms with Crippen molar-refractivity contribution in [3.63, 3.8) is 0 Å². The molecule has 0 fully saturated rings. The maximum absolute atomic E-state index is 4.60. The van der Waals surface area contributed by atoms with Gasteiger partial charge in [-0.25, -0.2) is 4.98 Å². The minimum Gasteiger partial charge on any atom is -0.385 e. The summed E-state index contributed by atoms with van der Waals surface area (Å²) < 4.78 is 0. The van der Waals surface area contributed by atoms with Crippen LogP contribution in [0.4, 0.5) is 5.69 Å². The number of benzene rings is 2. The summed E-state index contributed by atoms with van der Waals surface area (Å²) in [6, 6.07) is 14.8. The molecule has 3 heteroatoms. The van der Waals surface area contributed by atoms with Crippen LogP contribution < -0.4 is 5.32 Å². The third-order valence-electron chi connectivity index (χ3n) is 3.43. The van der Waals surface area contributed by atoms with Gasteiger partial charge in [0.1, 0.15) is 5.82 Å². The Morgan fingerprint density at radius 1 is 1.00 bits per heavy atom. The van der Waals surface area contributed by atoms with Gasteiger partial charge < -0.3 is 10.3 Å². The van der Waals surface area contributed by atoms with Gasteiger partial charge in [0, 0.05) is 18.7 Å². The maximum atomic E-state index is 4.60. The first kappa shape index (κ1) is 12.7. The Hall–Kier alpha value is -2.29. The first-order valence-corrected chi connectivity index (χ1v) is 6.96. The molecule has 2 N–H and O–H groups in total. The molecule has 0 spiro atoms. The molecule has 0 atom stereocenters. The summed E-state index contributed by atoms with van der Waals surface area (Å²) in [6.45, 7) is 5.07. The zero-order valence-electron chi connectivity index (χ0n) is 11.9. The molecule has 102 valence electrons. The van der Waals surface area contributed by atoms with Crippen LogP contribution in [0, 0.1) is 13.8 Å². The van der Waals surface area contributed by atoms with Crippen LogP contribution in [0.5, 0.6) is 0 Å². The van der Waals surface area contributed by atoms with E-state index in [0.29, 0.717) is 0 Å². The van der Waals surface area contributed by atoms with Crippen LogP contribution in [0.15, 0.2) is 42.5 Å². The smallest absolute Gasteiger partial charge is 0.108 e. The summed E-state index contributed by atoms with van der Waals surface area (Å²) >= 11 is 0. The summed E-state index contributed by atoms with van der Waals surface area (Å²) in [5, 5.41) is 3.42. The zero-order chi connectivity index (χ0) is 13.9. The van der Waals surface area contributed by atoms with Crippen molar-refractivity contribution in [3.8, 4) is 0 Å². The Morgan fingerprint density at radius 2 is 1.75 bits per heavy atom. The van der Waals surface area contributed by atoms with Crippen LogP contribution in [-0.2, 0) is 6.42 Å². The summed E-state index contributed by atoms with van der Waals surface area (Å²) in [7, 11) is 0. The average Bonchev–Trinajstić information content (AvgIpc) is 2.83. The second-order valence-electron chi connectivity index (χ2n) is 5.25.